The van der Waals surface area contributed by atoms with Gasteiger partial charge in [0.25, 0.3) is 0 Å². The van der Waals surface area contributed by atoms with Crippen LogP contribution in [0.1, 0.15) is 19.3 Å². The molecule has 0 amide bonds. The van der Waals surface area contributed by atoms with E-state index in [1.165, 1.54) is 23.8 Å². The molecule has 2 aromatic rings. The Morgan fingerprint density at radius 3 is 3.22 bits per heavy atom. The summed E-state index contributed by atoms with van der Waals surface area (Å²) < 4.78 is 1.26. The molecule has 1 atom stereocenters. The number of nitrogens with one attached hydrogen (secondary N) is 3. The third kappa shape index (κ3) is 2.21. The van der Waals surface area contributed by atoms with Gasteiger partial charge in [-0.2, -0.15) is 9.61 Å². The molecule has 7 nitrogen and oxygen atoms in total. The summed E-state index contributed by atoms with van der Waals surface area (Å²) in [5, 5.41) is 17.1. The standard InChI is InChI=1S/C11H16N6O/c18-11-15-14-10-5-4-9(16-17(10)11)13-7-8-3-1-2-6-12-8/h4-5,8,12H,1-3,6-7H2,(H,13,16)(H,15,18). The first-order valence-corrected chi connectivity index (χ1v) is 6.25. The van der Waals surface area contributed by atoms with Gasteiger partial charge in [0, 0.05) is 12.6 Å². The number of rotatable bonds is 3. The van der Waals surface area contributed by atoms with Crippen molar-refractivity contribution in [3.63, 3.8) is 0 Å². The molecule has 3 rings (SSSR count). The summed E-state index contributed by atoms with van der Waals surface area (Å²) in [6.45, 7) is 1.91. The van der Waals surface area contributed by atoms with E-state index >= 15 is 0 Å². The fraction of sp³-hybridized carbons (Fsp3) is 0.545. The topological polar surface area (TPSA) is 87.1 Å². The summed E-state index contributed by atoms with van der Waals surface area (Å²) >= 11 is 0. The van der Waals surface area contributed by atoms with E-state index < -0.39 is 0 Å². The van der Waals surface area contributed by atoms with Crippen molar-refractivity contribution < 1.29 is 0 Å². The number of piperidine rings is 1. The van der Waals surface area contributed by atoms with Crippen LogP contribution in [0.15, 0.2) is 16.9 Å². The smallest absolute Gasteiger partial charge is 0.364 e. The minimum absolute atomic E-state index is 0.315. The molecule has 1 aliphatic heterocycles. The molecule has 1 fully saturated rings. The maximum atomic E-state index is 11.4. The zero-order chi connectivity index (χ0) is 12.4. The molecular formula is C11H16N6O. The zero-order valence-corrected chi connectivity index (χ0v) is 10.0. The van der Waals surface area contributed by atoms with Crippen molar-refractivity contribution in [3.8, 4) is 0 Å². The van der Waals surface area contributed by atoms with Gasteiger partial charge in [0.2, 0.25) is 0 Å². The van der Waals surface area contributed by atoms with Crippen LogP contribution in [-0.4, -0.2) is 38.9 Å². The summed E-state index contributed by atoms with van der Waals surface area (Å²) in [6, 6.07) is 4.08. The Bertz CT molecular complexity index is 582. The molecule has 3 N–H and O–H groups in total. The molecule has 0 bridgehead atoms. The van der Waals surface area contributed by atoms with E-state index in [1.54, 1.807) is 6.07 Å². The van der Waals surface area contributed by atoms with Crippen molar-refractivity contribution in [2.75, 3.05) is 18.4 Å². The molecule has 0 spiro atoms. The Morgan fingerprint density at radius 2 is 2.39 bits per heavy atom. The lowest BCUT2D eigenvalue weighted by molar-refractivity contribution is 0.414. The molecule has 0 aliphatic carbocycles. The van der Waals surface area contributed by atoms with E-state index in [0.29, 0.717) is 17.5 Å². The Morgan fingerprint density at radius 1 is 1.44 bits per heavy atom. The van der Waals surface area contributed by atoms with Crippen LogP contribution in [0, 0.1) is 0 Å². The molecule has 3 heterocycles. The van der Waals surface area contributed by atoms with Gasteiger partial charge in [-0.05, 0) is 31.5 Å². The van der Waals surface area contributed by atoms with Crippen LogP contribution in [0.2, 0.25) is 0 Å². The van der Waals surface area contributed by atoms with Gasteiger partial charge < -0.3 is 10.6 Å². The third-order valence-corrected chi connectivity index (χ3v) is 3.22. The van der Waals surface area contributed by atoms with E-state index in [2.05, 4.69) is 25.9 Å². The molecule has 0 radical (unpaired) electrons. The van der Waals surface area contributed by atoms with Crippen molar-refractivity contribution in [1.29, 1.82) is 0 Å². The quantitative estimate of drug-likeness (QED) is 0.710. The van der Waals surface area contributed by atoms with Crippen LogP contribution < -0.4 is 16.3 Å². The Balaban J connectivity index is 1.70. The second kappa shape index (κ2) is 4.77. The number of fused-ring (bicyclic) bond motifs is 1. The van der Waals surface area contributed by atoms with E-state index in [1.807, 2.05) is 6.07 Å². The van der Waals surface area contributed by atoms with Crippen LogP contribution in [0.4, 0.5) is 5.82 Å². The molecule has 96 valence electrons. The van der Waals surface area contributed by atoms with Crippen LogP contribution in [0.25, 0.3) is 5.65 Å². The highest BCUT2D eigenvalue weighted by atomic mass is 16.2. The van der Waals surface area contributed by atoms with Gasteiger partial charge in [0.15, 0.2) is 5.65 Å². The first-order valence-electron chi connectivity index (χ1n) is 6.25. The van der Waals surface area contributed by atoms with Crippen molar-refractivity contribution >= 4 is 11.5 Å². The SMILES string of the molecule is O=c1[nH]nc2ccc(NCC3CCCCN3)nn12. The summed E-state index contributed by atoms with van der Waals surface area (Å²) in [5.74, 6) is 0.693. The lowest BCUT2D eigenvalue weighted by atomic mass is 10.1. The third-order valence-electron chi connectivity index (χ3n) is 3.22. The number of anilines is 1. The van der Waals surface area contributed by atoms with Crippen LogP contribution in [-0.2, 0) is 0 Å². The molecule has 1 unspecified atom stereocenters. The minimum atomic E-state index is -0.315. The zero-order valence-electron chi connectivity index (χ0n) is 10.0. The van der Waals surface area contributed by atoms with Gasteiger partial charge in [0.1, 0.15) is 5.82 Å². The normalized spacial score (nSPS) is 20.1. The van der Waals surface area contributed by atoms with Crippen LogP contribution in [0.5, 0.6) is 0 Å². The molecule has 1 saturated heterocycles. The molecule has 7 heteroatoms. The lowest BCUT2D eigenvalue weighted by Crippen LogP contribution is -2.39. The average Bonchev–Trinajstić information content (AvgIpc) is 2.79. The molecule has 1 aliphatic rings. The number of H-pyrrole nitrogens is 1. The molecule has 0 saturated carbocycles. The number of hydrogen-bond donors (Lipinski definition) is 3. The van der Waals surface area contributed by atoms with Crippen molar-refractivity contribution in [2.45, 2.75) is 25.3 Å². The fourth-order valence-corrected chi connectivity index (χ4v) is 2.22. The van der Waals surface area contributed by atoms with Gasteiger partial charge >= 0.3 is 5.69 Å². The van der Waals surface area contributed by atoms with Gasteiger partial charge in [-0.3, -0.25) is 0 Å². The highest BCUT2D eigenvalue weighted by molar-refractivity contribution is 5.42. The van der Waals surface area contributed by atoms with E-state index in [4.69, 9.17) is 0 Å². The minimum Gasteiger partial charge on any atom is -0.367 e. The van der Waals surface area contributed by atoms with Gasteiger partial charge in [-0.25, -0.2) is 9.89 Å². The largest absolute Gasteiger partial charge is 0.367 e. The average molecular weight is 248 g/mol. The Kier molecular flexibility index (Phi) is 2.97. The molecule has 18 heavy (non-hydrogen) atoms. The van der Waals surface area contributed by atoms with Crippen molar-refractivity contribution in [2.24, 2.45) is 0 Å². The number of nitrogens with zero attached hydrogens (tertiary/aromatic N) is 3. The predicted molar refractivity (Wildman–Crippen MR) is 67.7 cm³/mol. The van der Waals surface area contributed by atoms with Crippen LogP contribution >= 0.6 is 0 Å². The fourth-order valence-electron chi connectivity index (χ4n) is 2.22. The van der Waals surface area contributed by atoms with E-state index in [9.17, 15) is 4.79 Å². The van der Waals surface area contributed by atoms with Crippen molar-refractivity contribution in [3.05, 3.63) is 22.6 Å². The number of hydrogen-bond acceptors (Lipinski definition) is 5. The van der Waals surface area contributed by atoms with E-state index in [0.717, 1.165) is 13.1 Å². The molecule has 0 aromatic carbocycles. The predicted octanol–water partition coefficient (Wildman–Crippen LogP) is -0.0284. The number of aromatic nitrogens is 4. The summed E-state index contributed by atoms with van der Waals surface area (Å²) in [5.41, 5.74) is 0.214. The summed E-state index contributed by atoms with van der Waals surface area (Å²) in [6.07, 6.45) is 3.71. The van der Waals surface area contributed by atoms with Gasteiger partial charge in [-0.1, -0.05) is 6.42 Å². The number of aromatic amines is 1. The monoisotopic (exact) mass is 248 g/mol. The van der Waals surface area contributed by atoms with Gasteiger partial charge in [0.05, 0.1) is 0 Å². The van der Waals surface area contributed by atoms with Crippen molar-refractivity contribution in [1.82, 2.24) is 25.1 Å². The Labute approximate surface area is 104 Å². The Hall–Kier alpha value is -1.89. The first kappa shape index (κ1) is 11.2. The molecular weight excluding hydrogens is 232 g/mol. The summed E-state index contributed by atoms with van der Waals surface area (Å²) in [4.78, 5) is 11.4. The lowest BCUT2D eigenvalue weighted by Gasteiger charge is -2.23. The summed E-state index contributed by atoms with van der Waals surface area (Å²) in [7, 11) is 0. The molecule has 2 aromatic heterocycles. The first-order chi connectivity index (χ1) is 8.83. The second-order valence-electron chi connectivity index (χ2n) is 4.55. The van der Waals surface area contributed by atoms with Gasteiger partial charge in [-0.15, -0.1) is 5.10 Å². The van der Waals surface area contributed by atoms with E-state index in [-0.39, 0.29) is 5.69 Å². The maximum absolute atomic E-state index is 11.4. The second-order valence-corrected chi connectivity index (χ2v) is 4.55. The van der Waals surface area contributed by atoms with Crippen LogP contribution in [0.3, 0.4) is 0 Å². The highest BCUT2D eigenvalue weighted by Crippen LogP contribution is 2.08. The highest BCUT2D eigenvalue weighted by Gasteiger charge is 2.12. The maximum Gasteiger partial charge on any atom is 0.364 e.